The first-order chi connectivity index (χ1) is 8.76. The van der Waals surface area contributed by atoms with Gasteiger partial charge in [-0.1, -0.05) is 15.9 Å². The second-order valence-electron chi connectivity index (χ2n) is 3.98. The maximum atomic E-state index is 11.8. The highest BCUT2D eigenvalue weighted by Crippen LogP contribution is 2.19. The Morgan fingerprint density at radius 1 is 1.37 bits per heavy atom. The number of ether oxygens (including phenoxy) is 1. The molecule has 0 saturated heterocycles. The molecule has 0 heterocycles. The molecular weight excluding hydrogens is 327 g/mol. The van der Waals surface area contributed by atoms with E-state index in [1.165, 1.54) is 0 Å². The fraction of sp³-hybridized carbons (Fsp3) is 0.417. The van der Waals surface area contributed by atoms with E-state index in [9.17, 15) is 18.0 Å². The lowest BCUT2D eigenvalue weighted by atomic mass is 10.2. The molecule has 19 heavy (non-hydrogen) atoms. The Morgan fingerprint density at radius 2 is 2.05 bits per heavy atom. The van der Waals surface area contributed by atoms with Gasteiger partial charge in [0.05, 0.1) is 13.0 Å². The van der Waals surface area contributed by atoms with E-state index < -0.39 is 12.8 Å². The second kappa shape index (κ2) is 6.91. The Hall–Kier alpha value is -1.08. The second-order valence-corrected chi connectivity index (χ2v) is 4.90. The number of halogens is 4. The first kappa shape index (κ1) is 16.0. The lowest BCUT2D eigenvalue weighted by Crippen LogP contribution is -2.20. The summed E-state index contributed by atoms with van der Waals surface area (Å²) >= 11 is 3.29. The van der Waals surface area contributed by atoms with Crippen LogP contribution in [0.5, 0.6) is 0 Å². The van der Waals surface area contributed by atoms with E-state index >= 15 is 0 Å². The van der Waals surface area contributed by atoms with Crippen LogP contribution in [0.4, 0.5) is 18.9 Å². The summed E-state index contributed by atoms with van der Waals surface area (Å²) in [5.74, 6) is -0.389. The van der Waals surface area contributed by atoms with Crippen LogP contribution in [0.1, 0.15) is 12.0 Å². The molecule has 1 rings (SSSR count). The van der Waals surface area contributed by atoms with E-state index in [1.807, 2.05) is 13.0 Å². The molecule has 0 saturated carbocycles. The van der Waals surface area contributed by atoms with Crippen LogP contribution >= 0.6 is 15.9 Å². The summed E-state index contributed by atoms with van der Waals surface area (Å²) in [5, 5.41) is 2.59. The van der Waals surface area contributed by atoms with Crippen molar-refractivity contribution in [3.63, 3.8) is 0 Å². The lowest BCUT2D eigenvalue weighted by molar-refractivity contribution is -0.174. The number of rotatable bonds is 5. The molecule has 0 fully saturated rings. The Bertz CT molecular complexity index is 429. The Morgan fingerprint density at radius 3 is 2.63 bits per heavy atom. The quantitative estimate of drug-likeness (QED) is 0.831. The van der Waals surface area contributed by atoms with E-state index in [4.69, 9.17) is 0 Å². The third kappa shape index (κ3) is 7.17. The molecule has 0 atom stereocenters. The number of alkyl halides is 3. The summed E-state index contributed by atoms with van der Waals surface area (Å²) in [6, 6.07) is 5.35. The van der Waals surface area contributed by atoms with Gasteiger partial charge in [0.1, 0.15) is 6.61 Å². The van der Waals surface area contributed by atoms with Crippen LogP contribution in [-0.2, 0) is 9.53 Å². The number of amides is 1. The molecule has 106 valence electrons. The number of hydrogen-bond donors (Lipinski definition) is 1. The van der Waals surface area contributed by atoms with Crippen molar-refractivity contribution in [2.45, 2.75) is 19.5 Å². The number of aryl methyl sites for hydroxylation is 1. The predicted octanol–water partition coefficient (Wildman–Crippen LogP) is 3.67. The Balaban J connectivity index is 2.35. The van der Waals surface area contributed by atoms with Crippen molar-refractivity contribution in [3.05, 3.63) is 28.2 Å². The maximum absolute atomic E-state index is 11.8. The van der Waals surface area contributed by atoms with Crippen molar-refractivity contribution in [1.29, 1.82) is 0 Å². The highest BCUT2D eigenvalue weighted by atomic mass is 79.9. The van der Waals surface area contributed by atoms with Crippen molar-refractivity contribution in [2.24, 2.45) is 0 Å². The highest BCUT2D eigenvalue weighted by molar-refractivity contribution is 9.10. The van der Waals surface area contributed by atoms with Crippen LogP contribution < -0.4 is 5.32 Å². The maximum Gasteiger partial charge on any atom is 0.411 e. The number of hydrogen-bond acceptors (Lipinski definition) is 2. The molecule has 0 radical (unpaired) electrons. The van der Waals surface area contributed by atoms with Gasteiger partial charge in [0.25, 0.3) is 0 Å². The van der Waals surface area contributed by atoms with Gasteiger partial charge in [-0.2, -0.15) is 13.2 Å². The van der Waals surface area contributed by atoms with Gasteiger partial charge in [-0.3, -0.25) is 4.79 Å². The molecule has 0 aliphatic rings. The summed E-state index contributed by atoms with van der Waals surface area (Å²) < 4.78 is 40.5. The van der Waals surface area contributed by atoms with Crippen molar-refractivity contribution < 1.29 is 22.7 Å². The minimum absolute atomic E-state index is 0.123. The normalized spacial score (nSPS) is 11.4. The highest BCUT2D eigenvalue weighted by Gasteiger charge is 2.27. The average Bonchev–Trinajstić information content (AvgIpc) is 2.21. The number of nitrogens with one attached hydrogen (secondary N) is 1. The Kier molecular flexibility index (Phi) is 5.81. The van der Waals surface area contributed by atoms with Crippen LogP contribution in [0.15, 0.2) is 22.7 Å². The fourth-order valence-electron chi connectivity index (χ4n) is 1.38. The molecule has 1 N–H and O–H groups in total. The van der Waals surface area contributed by atoms with Gasteiger partial charge in [0.15, 0.2) is 0 Å². The smallest absolute Gasteiger partial charge is 0.372 e. The van der Waals surface area contributed by atoms with Crippen molar-refractivity contribution in [2.75, 3.05) is 18.5 Å². The van der Waals surface area contributed by atoms with Gasteiger partial charge in [0.2, 0.25) is 5.91 Å². The minimum Gasteiger partial charge on any atom is -0.372 e. The Labute approximate surface area is 117 Å². The van der Waals surface area contributed by atoms with E-state index in [0.717, 1.165) is 10.0 Å². The molecule has 0 aromatic heterocycles. The third-order valence-electron chi connectivity index (χ3n) is 2.07. The first-order valence-electron chi connectivity index (χ1n) is 5.48. The zero-order valence-corrected chi connectivity index (χ0v) is 11.8. The molecule has 1 aromatic rings. The minimum atomic E-state index is -4.36. The molecule has 0 spiro atoms. The zero-order valence-electron chi connectivity index (χ0n) is 10.2. The van der Waals surface area contributed by atoms with Gasteiger partial charge in [-0.25, -0.2) is 0 Å². The summed E-state index contributed by atoms with van der Waals surface area (Å²) in [6.07, 6.45) is -4.49. The number of carbonyl (C=O) groups excluding carboxylic acids is 1. The molecule has 0 aliphatic heterocycles. The molecule has 0 aliphatic carbocycles. The van der Waals surface area contributed by atoms with Gasteiger partial charge in [-0.05, 0) is 30.7 Å². The van der Waals surface area contributed by atoms with E-state index in [0.29, 0.717) is 5.69 Å². The zero-order chi connectivity index (χ0) is 14.5. The summed E-state index contributed by atoms with van der Waals surface area (Å²) in [5.41, 5.74) is 1.55. The fourth-order valence-corrected chi connectivity index (χ4v) is 1.99. The summed E-state index contributed by atoms with van der Waals surface area (Å²) in [7, 11) is 0. The largest absolute Gasteiger partial charge is 0.411 e. The molecule has 1 aromatic carbocycles. The molecule has 0 bridgehead atoms. The van der Waals surface area contributed by atoms with Crippen LogP contribution in [0.2, 0.25) is 0 Å². The average molecular weight is 340 g/mol. The van der Waals surface area contributed by atoms with Gasteiger partial charge in [0, 0.05) is 10.2 Å². The molecule has 3 nitrogen and oxygen atoms in total. The van der Waals surface area contributed by atoms with Crippen molar-refractivity contribution in [3.8, 4) is 0 Å². The standard InChI is InChI=1S/C12H13BrF3NO2/c1-8-4-9(13)6-10(5-8)17-11(18)2-3-19-7-12(14,15)16/h4-6H,2-3,7H2,1H3,(H,17,18). The van der Waals surface area contributed by atoms with E-state index in [1.54, 1.807) is 12.1 Å². The molecule has 1 amide bonds. The summed E-state index contributed by atoms with van der Waals surface area (Å²) in [6.45, 7) is 0.265. The predicted molar refractivity (Wildman–Crippen MR) is 69.0 cm³/mol. The van der Waals surface area contributed by atoms with Crippen molar-refractivity contribution in [1.82, 2.24) is 0 Å². The van der Waals surface area contributed by atoms with Crippen LogP contribution in [-0.4, -0.2) is 25.3 Å². The molecule has 7 heteroatoms. The third-order valence-corrected chi connectivity index (χ3v) is 2.52. The number of anilines is 1. The van der Waals surface area contributed by atoms with E-state index in [2.05, 4.69) is 26.0 Å². The van der Waals surface area contributed by atoms with Crippen LogP contribution in [0.25, 0.3) is 0 Å². The topological polar surface area (TPSA) is 38.3 Å². The van der Waals surface area contributed by atoms with Crippen molar-refractivity contribution >= 4 is 27.5 Å². The van der Waals surface area contributed by atoms with Gasteiger partial charge < -0.3 is 10.1 Å². The number of carbonyl (C=O) groups is 1. The SMILES string of the molecule is Cc1cc(Br)cc(NC(=O)CCOCC(F)(F)F)c1. The van der Waals surface area contributed by atoms with Gasteiger partial charge >= 0.3 is 6.18 Å². The molecule has 0 unspecified atom stereocenters. The van der Waals surface area contributed by atoms with Crippen LogP contribution in [0.3, 0.4) is 0 Å². The van der Waals surface area contributed by atoms with E-state index in [-0.39, 0.29) is 18.9 Å². The molecular formula is C12H13BrF3NO2. The monoisotopic (exact) mass is 339 g/mol. The van der Waals surface area contributed by atoms with Crippen LogP contribution in [0, 0.1) is 6.92 Å². The first-order valence-corrected chi connectivity index (χ1v) is 6.27. The lowest BCUT2D eigenvalue weighted by Gasteiger charge is -2.09. The van der Waals surface area contributed by atoms with Gasteiger partial charge in [-0.15, -0.1) is 0 Å². The summed E-state index contributed by atoms with van der Waals surface area (Å²) in [4.78, 5) is 11.5. The number of benzene rings is 1.